The summed E-state index contributed by atoms with van der Waals surface area (Å²) in [7, 11) is 2.11. The molecule has 0 aliphatic carbocycles. The first-order valence-electron chi connectivity index (χ1n) is 6.83. The highest BCUT2D eigenvalue weighted by molar-refractivity contribution is 5.50. The van der Waals surface area contributed by atoms with Crippen molar-refractivity contribution in [2.45, 2.75) is 45.6 Å². The standard InChI is InChI=1S/C16H25N3/c1-13-9-14(2)11-15(10-13)19(4)8-6-5-7-16(3,18)12-17/h9-11H,5-8,18H2,1-4H3. The van der Waals surface area contributed by atoms with Gasteiger partial charge in [-0.25, -0.2) is 0 Å². The van der Waals surface area contributed by atoms with Crippen LogP contribution >= 0.6 is 0 Å². The number of hydrogen-bond acceptors (Lipinski definition) is 3. The maximum atomic E-state index is 8.86. The van der Waals surface area contributed by atoms with Crippen LogP contribution in [0.1, 0.15) is 37.3 Å². The Morgan fingerprint density at radius 2 is 1.79 bits per heavy atom. The van der Waals surface area contributed by atoms with E-state index in [0.717, 1.165) is 25.8 Å². The van der Waals surface area contributed by atoms with Gasteiger partial charge in [-0.2, -0.15) is 5.26 Å². The van der Waals surface area contributed by atoms with E-state index in [4.69, 9.17) is 11.0 Å². The molecule has 0 aliphatic heterocycles. The lowest BCUT2D eigenvalue weighted by Gasteiger charge is -2.21. The van der Waals surface area contributed by atoms with Crippen LogP contribution < -0.4 is 10.6 Å². The van der Waals surface area contributed by atoms with Gasteiger partial charge in [-0.1, -0.05) is 6.07 Å². The third-order valence-corrected chi connectivity index (χ3v) is 3.34. The molecule has 0 bridgehead atoms. The number of nitrogens with two attached hydrogens (primary N) is 1. The Morgan fingerprint density at radius 3 is 2.32 bits per heavy atom. The molecule has 1 atom stereocenters. The van der Waals surface area contributed by atoms with E-state index in [-0.39, 0.29) is 0 Å². The quantitative estimate of drug-likeness (QED) is 0.798. The van der Waals surface area contributed by atoms with Crippen molar-refractivity contribution < 1.29 is 0 Å². The lowest BCUT2D eigenvalue weighted by Crippen LogP contribution is -2.34. The maximum Gasteiger partial charge on any atom is 0.101 e. The Balaban J connectivity index is 2.44. The maximum absolute atomic E-state index is 8.86. The molecule has 1 rings (SSSR count). The number of unbranched alkanes of at least 4 members (excludes halogenated alkanes) is 1. The van der Waals surface area contributed by atoms with Crippen LogP contribution in [0.25, 0.3) is 0 Å². The lowest BCUT2D eigenvalue weighted by atomic mass is 9.98. The highest BCUT2D eigenvalue weighted by Gasteiger charge is 2.16. The van der Waals surface area contributed by atoms with E-state index in [1.165, 1.54) is 16.8 Å². The van der Waals surface area contributed by atoms with E-state index in [1.807, 2.05) is 0 Å². The van der Waals surface area contributed by atoms with Crippen molar-refractivity contribution in [3.63, 3.8) is 0 Å². The summed E-state index contributed by atoms with van der Waals surface area (Å²) in [5.74, 6) is 0. The molecule has 0 radical (unpaired) electrons. The molecule has 0 spiro atoms. The van der Waals surface area contributed by atoms with Gasteiger partial charge in [-0.05, 0) is 63.3 Å². The predicted molar refractivity (Wildman–Crippen MR) is 81.2 cm³/mol. The average Bonchev–Trinajstić information content (AvgIpc) is 2.33. The molecule has 1 aromatic carbocycles. The molecule has 3 nitrogen and oxygen atoms in total. The summed E-state index contributed by atoms with van der Waals surface area (Å²) in [6.45, 7) is 7.03. The molecule has 0 saturated carbocycles. The molecule has 104 valence electrons. The fourth-order valence-electron chi connectivity index (χ4n) is 2.20. The summed E-state index contributed by atoms with van der Waals surface area (Å²) in [5.41, 5.74) is 8.97. The first-order chi connectivity index (χ1) is 8.84. The smallest absolute Gasteiger partial charge is 0.101 e. The molecule has 1 aromatic rings. The van der Waals surface area contributed by atoms with Crippen LogP contribution in [0.3, 0.4) is 0 Å². The molecule has 2 N–H and O–H groups in total. The fourth-order valence-corrected chi connectivity index (χ4v) is 2.20. The number of benzene rings is 1. The van der Waals surface area contributed by atoms with E-state index < -0.39 is 5.54 Å². The molecule has 3 heteroatoms. The van der Waals surface area contributed by atoms with Gasteiger partial charge in [-0.15, -0.1) is 0 Å². The molecule has 0 heterocycles. The Hall–Kier alpha value is -1.53. The number of aryl methyl sites for hydroxylation is 2. The summed E-state index contributed by atoms with van der Waals surface area (Å²) in [4.78, 5) is 2.26. The van der Waals surface area contributed by atoms with Gasteiger partial charge in [0.2, 0.25) is 0 Å². The van der Waals surface area contributed by atoms with Gasteiger partial charge >= 0.3 is 0 Å². The summed E-state index contributed by atoms with van der Waals surface area (Å²) in [6.07, 6.45) is 2.79. The van der Waals surface area contributed by atoms with Crippen molar-refractivity contribution in [3.8, 4) is 6.07 Å². The predicted octanol–water partition coefficient (Wildman–Crippen LogP) is 3.15. The summed E-state index contributed by atoms with van der Waals surface area (Å²) < 4.78 is 0. The molecular formula is C16H25N3. The summed E-state index contributed by atoms with van der Waals surface area (Å²) in [5, 5.41) is 8.86. The molecule has 0 fully saturated rings. The Labute approximate surface area is 117 Å². The number of hydrogen-bond donors (Lipinski definition) is 1. The number of anilines is 1. The van der Waals surface area contributed by atoms with Crippen LogP contribution in [0, 0.1) is 25.2 Å². The normalized spacial score (nSPS) is 13.7. The number of rotatable bonds is 6. The van der Waals surface area contributed by atoms with Gasteiger partial charge in [0.05, 0.1) is 6.07 Å². The fraction of sp³-hybridized carbons (Fsp3) is 0.562. The molecule has 19 heavy (non-hydrogen) atoms. The van der Waals surface area contributed by atoms with Gasteiger partial charge in [0, 0.05) is 19.3 Å². The van der Waals surface area contributed by atoms with Crippen molar-refractivity contribution in [2.24, 2.45) is 5.73 Å². The third kappa shape index (κ3) is 5.32. The van der Waals surface area contributed by atoms with E-state index in [9.17, 15) is 0 Å². The molecule has 0 amide bonds. The van der Waals surface area contributed by atoms with Crippen LogP contribution in [0.4, 0.5) is 5.69 Å². The largest absolute Gasteiger partial charge is 0.375 e. The first kappa shape index (κ1) is 15.5. The number of nitrogens with zero attached hydrogens (tertiary/aromatic N) is 2. The zero-order valence-corrected chi connectivity index (χ0v) is 12.5. The Bertz CT molecular complexity index is 437. The van der Waals surface area contributed by atoms with Crippen LogP contribution in [-0.2, 0) is 0 Å². The topological polar surface area (TPSA) is 53.0 Å². The van der Waals surface area contributed by atoms with Crippen molar-refractivity contribution >= 4 is 5.69 Å². The highest BCUT2D eigenvalue weighted by Crippen LogP contribution is 2.18. The second kappa shape index (κ2) is 6.58. The zero-order valence-electron chi connectivity index (χ0n) is 12.5. The van der Waals surface area contributed by atoms with E-state index in [0.29, 0.717) is 0 Å². The molecule has 0 saturated heterocycles. The minimum atomic E-state index is -0.682. The second-order valence-corrected chi connectivity index (χ2v) is 5.75. The van der Waals surface area contributed by atoms with Gasteiger partial charge in [-0.3, -0.25) is 0 Å². The molecule has 0 aliphatic rings. The Morgan fingerprint density at radius 1 is 1.21 bits per heavy atom. The molecule has 1 unspecified atom stereocenters. The summed E-state index contributed by atoms with van der Waals surface area (Å²) >= 11 is 0. The first-order valence-corrected chi connectivity index (χ1v) is 6.83. The van der Waals surface area contributed by atoms with Crippen LogP contribution in [0.2, 0.25) is 0 Å². The summed E-state index contributed by atoms with van der Waals surface area (Å²) in [6, 6.07) is 8.73. The number of nitriles is 1. The highest BCUT2D eigenvalue weighted by atomic mass is 15.1. The Kier molecular flexibility index (Phi) is 5.38. The van der Waals surface area contributed by atoms with Crippen LogP contribution in [0.5, 0.6) is 0 Å². The van der Waals surface area contributed by atoms with Gasteiger partial charge < -0.3 is 10.6 Å². The van der Waals surface area contributed by atoms with Gasteiger partial charge in [0.25, 0.3) is 0 Å². The minimum Gasteiger partial charge on any atom is -0.375 e. The van der Waals surface area contributed by atoms with Gasteiger partial charge in [0.1, 0.15) is 5.54 Å². The lowest BCUT2D eigenvalue weighted by molar-refractivity contribution is 0.509. The van der Waals surface area contributed by atoms with E-state index in [2.05, 4.69) is 50.1 Å². The van der Waals surface area contributed by atoms with Crippen molar-refractivity contribution in [1.82, 2.24) is 0 Å². The van der Waals surface area contributed by atoms with Gasteiger partial charge in [0.15, 0.2) is 0 Å². The average molecular weight is 259 g/mol. The van der Waals surface area contributed by atoms with E-state index >= 15 is 0 Å². The zero-order chi connectivity index (χ0) is 14.5. The SMILES string of the molecule is Cc1cc(C)cc(N(C)CCCCC(C)(N)C#N)c1. The minimum absolute atomic E-state index is 0.682. The van der Waals surface area contributed by atoms with Crippen LogP contribution in [-0.4, -0.2) is 19.1 Å². The second-order valence-electron chi connectivity index (χ2n) is 5.75. The van der Waals surface area contributed by atoms with Crippen molar-refractivity contribution in [2.75, 3.05) is 18.5 Å². The molecular weight excluding hydrogens is 234 g/mol. The van der Waals surface area contributed by atoms with Crippen LogP contribution in [0.15, 0.2) is 18.2 Å². The monoisotopic (exact) mass is 259 g/mol. The van der Waals surface area contributed by atoms with Crippen molar-refractivity contribution in [3.05, 3.63) is 29.3 Å². The molecule has 0 aromatic heterocycles. The van der Waals surface area contributed by atoms with E-state index in [1.54, 1.807) is 6.92 Å². The van der Waals surface area contributed by atoms with Crippen molar-refractivity contribution in [1.29, 1.82) is 5.26 Å². The third-order valence-electron chi connectivity index (χ3n) is 3.34.